The van der Waals surface area contributed by atoms with Crippen molar-refractivity contribution in [2.45, 2.75) is 64.7 Å². The van der Waals surface area contributed by atoms with E-state index in [4.69, 9.17) is 11.6 Å². The summed E-state index contributed by atoms with van der Waals surface area (Å²) in [6.45, 7) is 7.73. The molecule has 1 aromatic carbocycles. The van der Waals surface area contributed by atoms with E-state index in [0.29, 0.717) is 43.9 Å². The molecule has 1 fully saturated rings. The molecule has 1 aliphatic rings. The summed E-state index contributed by atoms with van der Waals surface area (Å²) in [4.78, 5) is 12.8. The van der Waals surface area contributed by atoms with Gasteiger partial charge in [-0.3, -0.25) is 4.79 Å². The van der Waals surface area contributed by atoms with Crippen molar-refractivity contribution in [1.82, 2.24) is 9.62 Å². The first-order valence-electron chi connectivity index (χ1n) is 10.8. The van der Waals surface area contributed by atoms with Gasteiger partial charge in [0.05, 0.1) is 5.75 Å². The molecule has 1 saturated heterocycles. The summed E-state index contributed by atoms with van der Waals surface area (Å²) >= 11 is 6.03. The van der Waals surface area contributed by atoms with Crippen LogP contribution in [0.15, 0.2) is 24.3 Å². The Bertz CT molecular complexity index is 753. The summed E-state index contributed by atoms with van der Waals surface area (Å²) in [7, 11) is -3.19. The van der Waals surface area contributed by atoms with E-state index in [1.54, 1.807) is 4.31 Å². The molecule has 0 unspecified atom stereocenters. The molecule has 29 heavy (non-hydrogen) atoms. The van der Waals surface area contributed by atoms with E-state index < -0.39 is 10.0 Å². The number of nitrogens with zero attached hydrogens (tertiary/aromatic N) is 1. The third-order valence-corrected chi connectivity index (χ3v) is 8.59. The molecule has 1 aromatic rings. The molecule has 7 heteroatoms. The molecule has 1 aliphatic heterocycles. The molecule has 0 spiro atoms. The Labute approximate surface area is 181 Å². The van der Waals surface area contributed by atoms with Gasteiger partial charge in [-0.25, -0.2) is 12.7 Å². The smallest absolute Gasteiger partial charge is 0.223 e. The number of nitrogens with one attached hydrogen (secondary N) is 1. The van der Waals surface area contributed by atoms with E-state index in [9.17, 15) is 13.2 Å². The molecule has 5 nitrogen and oxygen atoms in total. The first-order chi connectivity index (χ1) is 13.8. The number of carbonyl (C=O) groups excluding carboxylic acids is 1. The van der Waals surface area contributed by atoms with Crippen molar-refractivity contribution in [3.8, 4) is 0 Å². The summed E-state index contributed by atoms with van der Waals surface area (Å²) in [6.07, 6.45) is 4.55. The van der Waals surface area contributed by atoms with Crippen molar-refractivity contribution in [3.05, 3.63) is 34.9 Å². The minimum atomic E-state index is -3.19. The second kappa shape index (κ2) is 10.8. The Kier molecular flexibility index (Phi) is 8.98. The van der Waals surface area contributed by atoms with Gasteiger partial charge >= 0.3 is 0 Å². The zero-order chi connectivity index (χ0) is 21.5. The second-order valence-corrected chi connectivity index (χ2v) is 10.6. The van der Waals surface area contributed by atoms with Gasteiger partial charge < -0.3 is 5.32 Å². The van der Waals surface area contributed by atoms with Crippen LogP contribution in [-0.4, -0.2) is 44.0 Å². The average molecular weight is 443 g/mol. The van der Waals surface area contributed by atoms with Crippen LogP contribution in [0.5, 0.6) is 0 Å². The van der Waals surface area contributed by atoms with Gasteiger partial charge in [0.1, 0.15) is 0 Å². The highest BCUT2D eigenvalue weighted by atomic mass is 35.5. The number of sulfonamides is 1. The molecule has 0 atom stereocenters. The first kappa shape index (κ1) is 24.2. The van der Waals surface area contributed by atoms with Gasteiger partial charge in [0.2, 0.25) is 15.9 Å². The maximum absolute atomic E-state index is 12.8. The molecule has 0 saturated carbocycles. The Morgan fingerprint density at radius 3 is 2.24 bits per heavy atom. The van der Waals surface area contributed by atoms with Gasteiger partial charge in [0, 0.05) is 36.0 Å². The third-order valence-electron chi connectivity index (χ3n) is 6.39. The summed E-state index contributed by atoms with van der Waals surface area (Å²) in [5.74, 6) is 0.122. The molecule has 0 bridgehead atoms. The average Bonchev–Trinajstić information content (AvgIpc) is 2.74. The molecular formula is C22H35ClN2O3S. The van der Waals surface area contributed by atoms with Crippen LogP contribution in [0, 0.1) is 5.92 Å². The number of unbranched alkanes of at least 4 members (excludes halogenated alkanes) is 1. The zero-order valence-corrected chi connectivity index (χ0v) is 19.5. The van der Waals surface area contributed by atoms with Crippen LogP contribution < -0.4 is 5.32 Å². The van der Waals surface area contributed by atoms with Crippen LogP contribution in [0.1, 0.15) is 64.9 Å². The molecule has 1 N–H and O–H groups in total. The molecule has 0 aromatic heterocycles. The highest BCUT2D eigenvalue weighted by molar-refractivity contribution is 7.89. The summed E-state index contributed by atoms with van der Waals surface area (Å²) in [5.41, 5.74) is 1.06. The standard InChI is InChI=1S/C22H35ClN2O3S/c1-4-7-16-29(27,28)25-14-12-18(13-15-25)21(26)24-17-22(5-2,6-3)19-8-10-20(23)11-9-19/h8-11,18H,4-7,12-17H2,1-3H3,(H,24,26). The monoisotopic (exact) mass is 442 g/mol. The van der Waals surface area contributed by atoms with Crippen LogP contribution in [-0.2, 0) is 20.2 Å². The van der Waals surface area contributed by atoms with Crippen molar-refractivity contribution in [2.24, 2.45) is 5.92 Å². The Balaban J connectivity index is 1.94. The topological polar surface area (TPSA) is 66.5 Å². The van der Waals surface area contributed by atoms with E-state index in [1.807, 2.05) is 31.2 Å². The molecule has 0 radical (unpaired) electrons. The predicted molar refractivity (Wildman–Crippen MR) is 120 cm³/mol. The SMILES string of the molecule is CCCCS(=O)(=O)N1CCC(C(=O)NCC(CC)(CC)c2ccc(Cl)cc2)CC1. The quantitative estimate of drug-likeness (QED) is 0.585. The number of benzene rings is 1. The molecule has 2 rings (SSSR count). The van der Waals surface area contributed by atoms with Crippen LogP contribution in [0.25, 0.3) is 0 Å². The van der Waals surface area contributed by atoms with E-state index >= 15 is 0 Å². The van der Waals surface area contributed by atoms with E-state index in [-0.39, 0.29) is 23.0 Å². The van der Waals surface area contributed by atoms with Crippen molar-refractivity contribution < 1.29 is 13.2 Å². The van der Waals surface area contributed by atoms with Crippen molar-refractivity contribution in [2.75, 3.05) is 25.4 Å². The Morgan fingerprint density at radius 2 is 1.72 bits per heavy atom. The van der Waals surface area contributed by atoms with Gasteiger partial charge in [-0.2, -0.15) is 0 Å². The summed E-state index contributed by atoms with van der Waals surface area (Å²) in [6, 6.07) is 7.88. The lowest BCUT2D eigenvalue weighted by atomic mass is 9.75. The summed E-state index contributed by atoms with van der Waals surface area (Å²) < 4.78 is 26.3. The fourth-order valence-corrected chi connectivity index (χ4v) is 5.87. The number of hydrogen-bond acceptors (Lipinski definition) is 3. The normalized spacial score (nSPS) is 16.7. The lowest BCUT2D eigenvalue weighted by Gasteiger charge is -2.34. The highest BCUT2D eigenvalue weighted by Gasteiger charge is 2.33. The minimum Gasteiger partial charge on any atom is -0.355 e. The van der Waals surface area contributed by atoms with Gasteiger partial charge in [-0.1, -0.05) is 50.9 Å². The predicted octanol–water partition coefficient (Wildman–Crippen LogP) is 4.36. The molecule has 1 amide bonds. The maximum atomic E-state index is 12.8. The first-order valence-corrected chi connectivity index (χ1v) is 12.8. The Morgan fingerprint density at radius 1 is 1.14 bits per heavy atom. The maximum Gasteiger partial charge on any atom is 0.223 e. The van der Waals surface area contributed by atoms with Crippen LogP contribution in [0.2, 0.25) is 5.02 Å². The molecule has 0 aliphatic carbocycles. The van der Waals surface area contributed by atoms with Crippen molar-refractivity contribution in [1.29, 1.82) is 0 Å². The fourth-order valence-electron chi connectivity index (χ4n) is 4.07. The molecule has 1 heterocycles. The number of halogens is 1. The lowest BCUT2D eigenvalue weighted by Crippen LogP contribution is -2.46. The number of carbonyl (C=O) groups is 1. The van der Waals surface area contributed by atoms with Gasteiger partial charge in [-0.15, -0.1) is 0 Å². The second-order valence-electron chi connectivity index (χ2n) is 8.06. The number of hydrogen-bond donors (Lipinski definition) is 1. The zero-order valence-electron chi connectivity index (χ0n) is 17.9. The third kappa shape index (κ3) is 6.19. The van der Waals surface area contributed by atoms with E-state index in [2.05, 4.69) is 19.2 Å². The Hall–Kier alpha value is -1.11. The van der Waals surface area contributed by atoms with Crippen LogP contribution in [0.3, 0.4) is 0 Å². The molecule has 164 valence electrons. The van der Waals surface area contributed by atoms with E-state index in [0.717, 1.165) is 19.3 Å². The lowest BCUT2D eigenvalue weighted by molar-refractivity contribution is -0.126. The van der Waals surface area contributed by atoms with Gasteiger partial charge in [0.15, 0.2) is 0 Å². The number of rotatable bonds is 10. The fraction of sp³-hybridized carbons (Fsp3) is 0.682. The van der Waals surface area contributed by atoms with E-state index in [1.165, 1.54) is 5.56 Å². The molecular weight excluding hydrogens is 408 g/mol. The highest BCUT2D eigenvalue weighted by Crippen LogP contribution is 2.32. The van der Waals surface area contributed by atoms with Crippen LogP contribution in [0.4, 0.5) is 0 Å². The number of amides is 1. The minimum absolute atomic E-state index is 0.0378. The van der Waals surface area contributed by atoms with Gasteiger partial charge in [0.25, 0.3) is 0 Å². The van der Waals surface area contributed by atoms with Gasteiger partial charge in [-0.05, 0) is 49.8 Å². The van der Waals surface area contributed by atoms with Crippen LogP contribution >= 0.6 is 11.6 Å². The summed E-state index contributed by atoms with van der Waals surface area (Å²) in [5, 5.41) is 3.86. The largest absolute Gasteiger partial charge is 0.355 e. The number of piperidine rings is 1. The van der Waals surface area contributed by atoms with Crippen molar-refractivity contribution >= 4 is 27.5 Å². The van der Waals surface area contributed by atoms with Crippen molar-refractivity contribution in [3.63, 3.8) is 0 Å².